The van der Waals surface area contributed by atoms with Crippen LogP contribution in [0.4, 0.5) is 10.2 Å². The number of carbonyl (C=O) groups excluding carboxylic acids is 1. The second kappa shape index (κ2) is 6.69. The summed E-state index contributed by atoms with van der Waals surface area (Å²) in [4.78, 5) is 13.0. The lowest BCUT2D eigenvalue weighted by molar-refractivity contribution is -0.117. The van der Waals surface area contributed by atoms with E-state index in [4.69, 9.17) is 5.10 Å². The summed E-state index contributed by atoms with van der Waals surface area (Å²) in [6, 6.07) is 16.2. The van der Waals surface area contributed by atoms with Gasteiger partial charge >= 0.3 is 0 Å². The number of aromatic nitrogens is 2. The molecule has 2 heterocycles. The van der Waals surface area contributed by atoms with Crippen LogP contribution in [0.2, 0.25) is 0 Å². The lowest BCUT2D eigenvalue weighted by Gasteiger charge is -2.35. The van der Waals surface area contributed by atoms with Gasteiger partial charge in [0.2, 0.25) is 0 Å². The van der Waals surface area contributed by atoms with E-state index in [1.807, 2.05) is 29.8 Å². The summed E-state index contributed by atoms with van der Waals surface area (Å²) in [5.74, 6) is 1.03. The number of Topliss-reactive ketones (excluding diaryl/α,β-unsaturated/α-hetero) is 1. The average Bonchev–Trinajstić information content (AvgIpc) is 3.03. The van der Waals surface area contributed by atoms with Crippen molar-refractivity contribution in [3.05, 3.63) is 82.9 Å². The molecule has 0 spiro atoms. The maximum absolute atomic E-state index is 13.6. The molecule has 2 aliphatic rings. The fourth-order valence-electron chi connectivity index (χ4n) is 4.58. The van der Waals surface area contributed by atoms with Gasteiger partial charge in [0, 0.05) is 23.3 Å². The van der Waals surface area contributed by atoms with E-state index in [0.717, 1.165) is 45.9 Å². The van der Waals surface area contributed by atoms with Crippen LogP contribution in [0.25, 0.3) is 11.1 Å². The number of rotatable bonds is 2. The molecule has 0 amide bonds. The van der Waals surface area contributed by atoms with Crippen molar-refractivity contribution in [1.29, 1.82) is 0 Å². The maximum Gasteiger partial charge on any atom is 0.163 e. The van der Waals surface area contributed by atoms with Crippen LogP contribution >= 0.6 is 0 Å². The Morgan fingerprint density at radius 3 is 2.52 bits per heavy atom. The molecular formula is C24H22FN3O. The number of carbonyl (C=O) groups is 1. The number of hydrogen-bond acceptors (Lipinski definition) is 3. The quantitative estimate of drug-likeness (QED) is 0.652. The highest BCUT2D eigenvalue weighted by Crippen LogP contribution is 2.45. The maximum atomic E-state index is 13.6. The van der Waals surface area contributed by atoms with Gasteiger partial charge in [-0.05, 0) is 42.5 Å². The molecular weight excluding hydrogens is 365 g/mol. The van der Waals surface area contributed by atoms with Gasteiger partial charge in [-0.15, -0.1) is 0 Å². The summed E-state index contributed by atoms with van der Waals surface area (Å²) < 4.78 is 15.5. The summed E-state index contributed by atoms with van der Waals surface area (Å²) in [5.41, 5.74) is 5.60. The second-order valence-corrected chi connectivity index (χ2v) is 8.03. The Morgan fingerprint density at radius 2 is 1.79 bits per heavy atom. The van der Waals surface area contributed by atoms with Crippen molar-refractivity contribution in [1.82, 2.24) is 9.78 Å². The number of aryl methyl sites for hydroxylation is 1. The van der Waals surface area contributed by atoms with E-state index < -0.39 is 0 Å². The monoisotopic (exact) mass is 387 g/mol. The molecule has 2 aromatic carbocycles. The predicted octanol–water partition coefficient (Wildman–Crippen LogP) is 5.27. The molecule has 29 heavy (non-hydrogen) atoms. The first-order valence-corrected chi connectivity index (χ1v) is 9.96. The van der Waals surface area contributed by atoms with Crippen molar-refractivity contribution < 1.29 is 9.18 Å². The third-order valence-corrected chi connectivity index (χ3v) is 5.83. The highest BCUT2D eigenvalue weighted by Gasteiger charge is 2.39. The first-order chi connectivity index (χ1) is 14.0. The van der Waals surface area contributed by atoms with Gasteiger partial charge < -0.3 is 5.32 Å². The predicted molar refractivity (Wildman–Crippen MR) is 111 cm³/mol. The van der Waals surface area contributed by atoms with Gasteiger partial charge in [-0.1, -0.05) is 49.4 Å². The Kier molecular flexibility index (Phi) is 4.12. The number of benzene rings is 2. The smallest absolute Gasteiger partial charge is 0.163 e. The highest BCUT2D eigenvalue weighted by atomic mass is 19.1. The van der Waals surface area contributed by atoms with E-state index in [1.54, 1.807) is 12.1 Å². The fraction of sp³-hybridized carbons (Fsp3) is 0.250. The number of allylic oxidation sites excluding steroid dienone is 2. The molecule has 5 heteroatoms. The van der Waals surface area contributed by atoms with E-state index in [2.05, 4.69) is 24.4 Å². The van der Waals surface area contributed by atoms with Crippen molar-refractivity contribution in [2.75, 3.05) is 5.32 Å². The number of nitrogens with one attached hydrogen (secondary N) is 1. The normalized spacial score (nSPS) is 20.9. The van der Waals surface area contributed by atoms with Crippen LogP contribution in [-0.4, -0.2) is 15.6 Å². The number of hydrogen-bond donors (Lipinski definition) is 1. The summed E-state index contributed by atoms with van der Waals surface area (Å²) in [6.45, 7) is 4.09. The molecule has 1 aliphatic carbocycles. The Labute approximate surface area is 169 Å². The summed E-state index contributed by atoms with van der Waals surface area (Å²) in [6.07, 6.45) is 1.34. The number of nitrogens with zero attached hydrogens (tertiary/aromatic N) is 2. The van der Waals surface area contributed by atoms with Crippen LogP contribution in [0.15, 0.2) is 65.9 Å². The number of halogens is 1. The largest absolute Gasteiger partial charge is 0.343 e. The number of anilines is 1. The molecule has 5 rings (SSSR count). The third-order valence-electron chi connectivity index (χ3n) is 5.83. The SMILES string of the molecule is Cc1nn2c(c1-c1ccccc1)NC1=C(C(=O)C[C@H](C)C1)[C@H]2c1ccc(F)cc1. The Balaban J connectivity index is 1.75. The lowest BCUT2D eigenvalue weighted by atomic mass is 9.81. The standard InChI is InChI=1S/C24H22FN3O/c1-14-12-19-22(20(29)13-14)23(17-8-10-18(25)11-9-17)28-24(26-19)21(15(2)27-28)16-6-4-3-5-7-16/h3-11,14,23,26H,12-13H2,1-2H3/t14-,23-/m1/s1. The first-order valence-electron chi connectivity index (χ1n) is 9.96. The summed E-state index contributed by atoms with van der Waals surface area (Å²) in [7, 11) is 0. The zero-order valence-electron chi connectivity index (χ0n) is 16.4. The van der Waals surface area contributed by atoms with Gasteiger partial charge in [0.1, 0.15) is 17.7 Å². The van der Waals surface area contributed by atoms with Gasteiger partial charge in [-0.25, -0.2) is 9.07 Å². The molecule has 1 aliphatic heterocycles. The van der Waals surface area contributed by atoms with Crippen molar-refractivity contribution in [2.24, 2.45) is 5.92 Å². The van der Waals surface area contributed by atoms with Crippen LogP contribution in [0.1, 0.15) is 37.1 Å². The summed E-state index contributed by atoms with van der Waals surface area (Å²) in [5, 5.41) is 8.37. The van der Waals surface area contributed by atoms with Crippen LogP contribution in [0.3, 0.4) is 0 Å². The van der Waals surface area contributed by atoms with Crippen LogP contribution in [0, 0.1) is 18.7 Å². The van der Waals surface area contributed by atoms with E-state index >= 15 is 0 Å². The minimum absolute atomic E-state index is 0.139. The zero-order valence-corrected chi connectivity index (χ0v) is 16.4. The van der Waals surface area contributed by atoms with Gasteiger partial charge in [0.15, 0.2) is 5.78 Å². The minimum atomic E-state index is -0.349. The van der Waals surface area contributed by atoms with E-state index in [-0.39, 0.29) is 17.6 Å². The van der Waals surface area contributed by atoms with Gasteiger partial charge in [0.25, 0.3) is 0 Å². The van der Waals surface area contributed by atoms with Gasteiger partial charge in [0.05, 0.1) is 5.69 Å². The van der Waals surface area contributed by atoms with Crippen molar-refractivity contribution >= 4 is 11.6 Å². The molecule has 0 unspecified atom stereocenters. The Morgan fingerprint density at radius 1 is 1.07 bits per heavy atom. The molecule has 0 saturated carbocycles. The van der Waals surface area contributed by atoms with Crippen molar-refractivity contribution in [3.8, 4) is 11.1 Å². The molecule has 146 valence electrons. The molecule has 4 nitrogen and oxygen atoms in total. The van der Waals surface area contributed by atoms with Crippen LogP contribution < -0.4 is 5.32 Å². The highest BCUT2D eigenvalue weighted by molar-refractivity contribution is 6.00. The minimum Gasteiger partial charge on any atom is -0.343 e. The van der Waals surface area contributed by atoms with Crippen LogP contribution in [-0.2, 0) is 4.79 Å². The molecule has 0 radical (unpaired) electrons. The molecule has 3 aromatic rings. The molecule has 1 aromatic heterocycles. The molecule has 0 saturated heterocycles. The molecule has 2 atom stereocenters. The van der Waals surface area contributed by atoms with Crippen LogP contribution in [0.5, 0.6) is 0 Å². The number of fused-ring (bicyclic) bond motifs is 1. The van der Waals surface area contributed by atoms with E-state index in [0.29, 0.717) is 12.3 Å². The van der Waals surface area contributed by atoms with Gasteiger partial charge in [-0.2, -0.15) is 5.10 Å². The lowest BCUT2D eigenvalue weighted by Crippen LogP contribution is -2.33. The Hall–Kier alpha value is -3.21. The average molecular weight is 387 g/mol. The summed E-state index contributed by atoms with van der Waals surface area (Å²) >= 11 is 0. The number of ketones is 1. The van der Waals surface area contributed by atoms with Crippen molar-refractivity contribution in [3.63, 3.8) is 0 Å². The van der Waals surface area contributed by atoms with E-state index in [9.17, 15) is 9.18 Å². The van der Waals surface area contributed by atoms with E-state index in [1.165, 1.54) is 12.1 Å². The molecule has 0 fully saturated rings. The van der Waals surface area contributed by atoms with Gasteiger partial charge in [-0.3, -0.25) is 4.79 Å². The molecule has 0 bridgehead atoms. The second-order valence-electron chi connectivity index (χ2n) is 8.03. The third kappa shape index (κ3) is 2.89. The Bertz CT molecular complexity index is 1130. The molecule has 1 N–H and O–H groups in total. The zero-order chi connectivity index (χ0) is 20.1. The fourth-order valence-corrected chi connectivity index (χ4v) is 4.58. The first kappa shape index (κ1) is 17.9. The van der Waals surface area contributed by atoms with Crippen molar-refractivity contribution in [2.45, 2.75) is 32.7 Å². The topological polar surface area (TPSA) is 46.9 Å².